The summed E-state index contributed by atoms with van der Waals surface area (Å²) < 4.78 is 39.1. The van der Waals surface area contributed by atoms with Crippen molar-refractivity contribution in [3.8, 4) is 0 Å². The molecule has 0 aromatic carbocycles. The van der Waals surface area contributed by atoms with Crippen LogP contribution in [-0.2, 0) is 4.79 Å². The fourth-order valence-electron chi connectivity index (χ4n) is 2.13. The number of alkyl halides is 3. The first kappa shape index (κ1) is 15.3. The monoisotopic (exact) mass is 371 g/mol. The van der Waals surface area contributed by atoms with E-state index in [1.165, 1.54) is 6.07 Å². The number of likely N-dealkylation sites (tertiary alicyclic amines) is 1. The Morgan fingerprint density at radius 1 is 1.40 bits per heavy atom. The van der Waals surface area contributed by atoms with Crippen molar-refractivity contribution in [3.63, 3.8) is 0 Å². The second kappa shape index (κ2) is 5.36. The molecule has 1 aliphatic rings. The van der Waals surface area contributed by atoms with Crippen molar-refractivity contribution >= 4 is 39.1 Å². The number of aliphatic carboxylic acids is 1. The van der Waals surface area contributed by atoms with Crippen LogP contribution in [0.5, 0.6) is 0 Å². The molecule has 0 radical (unpaired) electrons. The third-order valence-electron chi connectivity index (χ3n) is 3.12. The average Bonchev–Trinajstić information content (AvgIpc) is 2.93. The molecule has 4 nitrogen and oxygen atoms in total. The first-order chi connectivity index (χ1) is 9.20. The maximum Gasteiger partial charge on any atom is 0.394 e. The normalized spacial score (nSPS) is 23.1. The van der Waals surface area contributed by atoms with Crippen molar-refractivity contribution in [1.29, 1.82) is 0 Å². The number of nitrogens with zero attached hydrogens (tertiary/aromatic N) is 1. The fourth-order valence-corrected chi connectivity index (χ4v) is 3.53. The summed E-state index contributed by atoms with van der Waals surface area (Å²) in [6, 6.07) is 1.50. The third-order valence-corrected chi connectivity index (χ3v) is 4.80. The molecule has 0 unspecified atom stereocenters. The number of thiophene rings is 1. The summed E-state index contributed by atoms with van der Waals surface area (Å²) in [5.41, 5.74) is 0. The van der Waals surface area contributed by atoms with E-state index < -0.39 is 43.0 Å². The molecule has 1 aliphatic heterocycles. The Balaban J connectivity index is 2.20. The van der Waals surface area contributed by atoms with E-state index in [1.54, 1.807) is 5.38 Å². The van der Waals surface area contributed by atoms with Crippen LogP contribution in [0.25, 0.3) is 0 Å². The van der Waals surface area contributed by atoms with Gasteiger partial charge in [0.1, 0.15) is 0 Å². The molecule has 0 spiro atoms. The number of hydrogen-bond donors (Lipinski definition) is 1. The van der Waals surface area contributed by atoms with Crippen LogP contribution >= 0.6 is 27.3 Å². The number of amides is 1. The number of carbonyl (C=O) groups is 2. The summed E-state index contributed by atoms with van der Waals surface area (Å²) in [7, 11) is 0. The van der Waals surface area contributed by atoms with Crippen LogP contribution in [0.1, 0.15) is 9.67 Å². The maximum atomic E-state index is 12.8. The van der Waals surface area contributed by atoms with E-state index in [1.807, 2.05) is 0 Å². The maximum absolute atomic E-state index is 12.8. The van der Waals surface area contributed by atoms with Crippen LogP contribution in [0.15, 0.2) is 15.9 Å². The molecule has 110 valence electrons. The second-order valence-electron chi connectivity index (χ2n) is 4.43. The van der Waals surface area contributed by atoms with Gasteiger partial charge in [0.2, 0.25) is 0 Å². The van der Waals surface area contributed by atoms with E-state index in [9.17, 15) is 22.8 Å². The van der Waals surface area contributed by atoms with E-state index in [0.29, 0.717) is 4.47 Å². The number of rotatable bonds is 2. The van der Waals surface area contributed by atoms with Gasteiger partial charge in [0.25, 0.3) is 5.91 Å². The molecule has 1 aromatic rings. The summed E-state index contributed by atoms with van der Waals surface area (Å²) in [6.07, 6.45) is -4.63. The lowest BCUT2D eigenvalue weighted by Gasteiger charge is -2.18. The van der Waals surface area contributed by atoms with Gasteiger partial charge < -0.3 is 10.0 Å². The van der Waals surface area contributed by atoms with Gasteiger partial charge in [-0.1, -0.05) is 0 Å². The first-order valence-corrected chi connectivity index (χ1v) is 7.20. The number of carbonyl (C=O) groups excluding carboxylic acids is 1. The SMILES string of the molecule is O=C(O)[C@@H]1CN(C(=O)c2cc(Br)cs2)C[C@H]1C(F)(F)F. The van der Waals surface area contributed by atoms with E-state index >= 15 is 0 Å². The molecule has 1 fully saturated rings. The molecule has 1 amide bonds. The van der Waals surface area contributed by atoms with Gasteiger partial charge in [-0.05, 0) is 22.0 Å². The lowest BCUT2D eigenvalue weighted by molar-refractivity contribution is -0.187. The quantitative estimate of drug-likeness (QED) is 0.869. The van der Waals surface area contributed by atoms with Gasteiger partial charge in [0.15, 0.2) is 0 Å². The van der Waals surface area contributed by atoms with Gasteiger partial charge in [-0.25, -0.2) is 0 Å². The molecule has 1 N–H and O–H groups in total. The molecule has 2 atom stereocenters. The molecule has 0 saturated carbocycles. The van der Waals surface area contributed by atoms with Crippen LogP contribution in [-0.4, -0.2) is 41.1 Å². The van der Waals surface area contributed by atoms with Crippen molar-refractivity contribution in [2.75, 3.05) is 13.1 Å². The van der Waals surface area contributed by atoms with Crippen molar-refractivity contribution in [2.24, 2.45) is 11.8 Å². The van der Waals surface area contributed by atoms with Crippen LogP contribution in [0.3, 0.4) is 0 Å². The van der Waals surface area contributed by atoms with Gasteiger partial charge in [-0.2, -0.15) is 13.2 Å². The molecule has 2 rings (SSSR count). The Morgan fingerprint density at radius 2 is 2.05 bits per heavy atom. The van der Waals surface area contributed by atoms with Crippen molar-refractivity contribution in [1.82, 2.24) is 4.90 Å². The highest BCUT2D eigenvalue weighted by Gasteiger charge is 2.53. The minimum Gasteiger partial charge on any atom is -0.481 e. The summed E-state index contributed by atoms with van der Waals surface area (Å²) in [5.74, 6) is -5.73. The van der Waals surface area contributed by atoms with E-state index in [0.717, 1.165) is 16.2 Å². The van der Waals surface area contributed by atoms with E-state index in [-0.39, 0.29) is 4.88 Å². The Bertz CT molecular complexity index is 545. The Kier molecular flexibility index (Phi) is 4.10. The zero-order valence-corrected chi connectivity index (χ0v) is 12.3. The predicted octanol–water partition coefficient (Wildman–Crippen LogP) is 2.85. The zero-order valence-electron chi connectivity index (χ0n) is 9.85. The second-order valence-corrected chi connectivity index (χ2v) is 6.26. The van der Waals surface area contributed by atoms with Crippen LogP contribution in [0.4, 0.5) is 13.2 Å². The standard InChI is InChI=1S/C11H9BrF3NO3S/c12-5-1-8(20-4-5)9(17)16-2-6(10(18)19)7(3-16)11(13,14)15/h1,4,6-7H,2-3H2,(H,18,19)/t6-,7-/m1/s1. The minimum absolute atomic E-state index is 0.281. The highest BCUT2D eigenvalue weighted by atomic mass is 79.9. The molecular weight excluding hydrogens is 363 g/mol. The molecule has 1 aromatic heterocycles. The Labute approximate surface area is 124 Å². The summed E-state index contributed by atoms with van der Waals surface area (Å²) in [4.78, 5) is 24.2. The zero-order chi connectivity index (χ0) is 15.1. The summed E-state index contributed by atoms with van der Waals surface area (Å²) >= 11 is 4.25. The number of halogens is 4. The van der Waals surface area contributed by atoms with Gasteiger partial charge >= 0.3 is 12.1 Å². The molecule has 0 aliphatic carbocycles. The van der Waals surface area contributed by atoms with Crippen molar-refractivity contribution in [2.45, 2.75) is 6.18 Å². The smallest absolute Gasteiger partial charge is 0.394 e. The molecular formula is C11H9BrF3NO3S. The van der Waals surface area contributed by atoms with Crippen LogP contribution < -0.4 is 0 Å². The fraction of sp³-hybridized carbons (Fsp3) is 0.455. The first-order valence-electron chi connectivity index (χ1n) is 5.53. The van der Waals surface area contributed by atoms with Gasteiger partial charge in [-0.3, -0.25) is 9.59 Å². The molecule has 9 heteroatoms. The third kappa shape index (κ3) is 2.98. The highest BCUT2D eigenvalue weighted by Crippen LogP contribution is 2.38. The van der Waals surface area contributed by atoms with Crippen LogP contribution in [0, 0.1) is 11.8 Å². The molecule has 2 heterocycles. The molecule has 1 saturated heterocycles. The summed E-state index contributed by atoms with van der Waals surface area (Å²) in [6.45, 7) is -1.04. The Morgan fingerprint density at radius 3 is 2.45 bits per heavy atom. The Hall–Kier alpha value is -1.09. The number of hydrogen-bond acceptors (Lipinski definition) is 3. The average molecular weight is 372 g/mol. The lowest BCUT2D eigenvalue weighted by Crippen LogP contribution is -2.34. The minimum atomic E-state index is -4.63. The predicted molar refractivity (Wildman–Crippen MR) is 68.6 cm³/mol. The van der Waals surface area contributed by atoms with E-state index in [4.69, 9.17) is 5.11 Å². The van der Waals surface area contributed by atoms with E-state index in [2.05, 4.69) is 15.9 Å². The van der Waals surface area contributed by atoms with Crippen molar-refractivity contribution < 1.29 is 27.9 Å². The largest absolute Gasteiger partial charge is 0.481 e. The van der Waals surface area contributed by atoms with Gasteiger partial charge in [0, 0.05) is 22.9 Å². The highest BCUT2D eigenvalue weighted by molar-refractivity contribution is 9.10. The molecule has 20 heavy (non-hydrogen) atoms. The lowest BCUT2D eigenvalue weighted by atomic mass is 9.96. The summed E-state index contributed by atoms with van der Waals surface area (Å²) in [5, 5.41) is 10.5. The molecule has 0 bridgehead atoms. The topological polar surface area (TPSA) is 57.6 Å². The van der Waals surface area contributed by atoms with Gasteiger partial charge in [0.05, 0.1) is 16.7 Å². The number of carboxylic acids is 1. The van der Waals surface area contributed by atoms with Gasteiger partial charge in [-0.15, -0.1) is 11.3 Å². The van der Waals surface area contributed by atoms with Crippen molar-refractivity contribution in [3.05, 3.63) is 20.8 Å². The van der Waals surface area contributed by atoms with Crippen LogP contribution in [0.2, 0.25) is 0 Å². The number of carboxylic acid groups (broad SMARTS) is 1.